The maximum absolute atomic E-state index is 13.4. The molecule has 4 rings (SSSR count). The molecule has 1 amide bonds. The van der Waals surface area contributed by atoms with Gasteiger partial charge in [0.1, 0.15) is 5.82 Å². The van der Waals surface area contributed by atoms with Gasteiger partial charge < -0.3 is 9.32 Å². The Kier molecular flexibility index (Phi) is 4.48. The Morgan fingerprint density at radius 1 is 1.12 bits per heavy atom. The third kappa shape index (κ3) is 3.35. The van der Waals surface area contributed by atoms with Gasteiger partial charge in [0, 0.05) is 24.2 Å². The van der Waals surface area contributed by atoms with E-state index in [1.54, 1.807) is 17.0 Å². The predicted molar refractivity (Wildman–Crippen MR) is 94.0 cm³/mol. The number of hydrogen-bond acceptors (Lipinski definition) is 4. The molecule has 6 heteroatoms. The summed E-state index contributed by atoms with van der Waals surface area (Å²) < 4.78 is 19.2. The quantitative estimate of drug-likeness (QED) is 0.718. The number of carbonyl (C=O) groups is 1. The second-order valence-corrected chi connectivity index (χ2v) is 6.41. The summed E-state index contributed by atoms with van der Waals surface area (Å²) >= 11 is 0. The van der Waals surface area contributed by atoms with Crippen molar-refractivity contribution in [3.05, 3.63) is 71.9 Å². The van der Waals surface area contributed by atoms with Crippen LogP contribution in [0.25, 0.3) is 11.5 Å². The van der Waals surface area contributed by atoms with Crippen molar-refractivity contribution in [3.63, 3.8) is 0 Å². The van der Waals surface area contributed by atoms with Crippen LogP contribution in [-0.4, -0.2) is 34.1 Å². The highest BCUT2D eigenvalue weighted by atomic mass is 19.1. The highest BCUT2D eigenvalue weighted by molar-refractivity contribution is 5.94. The van der Waals surface area contributed by atoms with Crippen molar-refractivity contribution in [1.82, 2.24) is 15.1 Å². The maximum Gasteiger partial charge on any atom is 0.253 e. The monoisotopic (exact) mass is 351 g/mol. The van der Waals surface area contributed by atoms with Gasteiger partial charge in [-0.1, -0.05) is 24.3 Å². The number of carbonyl (C=O) groups excluding carboxylic acids is 1. The number of amides is 1. The number of hydrogen-bond donors (Lipinski definition) is 0. The van der Waals surface area contributed by atoms with E-state index < -0.39 is 5.82 Å². The van der Waals surface area contributed by atoms with E-state index in [0.717, 1.165) is 18.4 Å². The molecule has 5 nitrogen and oxygen atoms in total. The summed E-state index contributed by atoms with van der Waals surface area (Å²) in [5.41, 5.74) is 1.23. The fourth-order valence-electron chi connectivity index (χ4n) is 3.26. The Morgan fingerprint density at radius 2 is 1.96 bits per heavy atom. The molecule has 1 unspecified atom stereocenters. The molecule has 2 aromatic carbocycles. The molecule has 2 heterocycles. The number of likely N-dealkylation sites (tertiary alicyclic amines) is 1. The summed E-state index contributed by atoms with van der Waals surface area (Å²) in [7, 11) is 0. The first-order valence-corrected chi connectivity index (χ1v) is 8.64. The predicted octanol–water partition coefficient (Wildman–Crippen LogP) is 3.90. The molecule has 0 aliphatic carbocycles. The summed E-state index contributed by atoms with van der Waals surface area (Å²) in [4.78, 5) is 14.4. The summed E-state index contributed by atoms with van der Waals surface area (Å²) in [5, 5.41) is 8.31. The molecule has 1 aliphatic heterocycles. The second kappa shape index (κ2) is 7.07. The number of nitrogens with zero attached hydrogens (tertiary/aromatic N) is 3. The van der Waals surface area contributed by atoms with Crippen LogP contribution in [-0.2, 0) is 0 Å². The highest BCUT2D eigenvalue weighted by Gasteiger charge is 2.29. The fourth-order valence-corrected chi connectivity index (χ4v) is 3.26. The van der Waals surface area contributed by atoms with Gasteiger partial charge in [-0.05, 0) is 43.2 Å². The zero-order valence-electron chi connectivity index (χ0n) is 14.1. The average Bonchev–Trinajstić information content (AvgIpc) is 3.18. The van der Waals surface area contributed by atoms with Crippen molar-refractivity contribution in [2.75, 3.05) is 13.1 Å². The molecule has 1 saturated heterocycles. The summed E-state index contributed by atoms with van der Waals surface area (Å²) in [5.74, 6) is 0.437. The molecule has 132 valence electrons. The van der Waals surface area contributed by atoms with Gasteiger partial charge in [-0.15, -0.1) is 10.2 Å². The molecule has 0 N–H and O–H groups in total. The molecule has 1 atom stereocenters. The van der Waals surface area contributed by atoms with E-state index in [9.17, 15) is 9.18 Å². The van der Waals surface area contributed by atoms with Crippen molar-refractivity contribution >= 4 is 5.91 Å². The minimum atomic E-state index is -0.409. The first-order chi connectivity index (χ1) is 12.7. The van der Waals surface area contributed by atoms with Crippen molar-refractivity contribution < 1.29 is 13.6 Å². The lowest BCUT2D eigenvalue weighted by Gasteiger charge is -2.31. The van der Waals surface area contributed by atoms with Crippen molar-refractivity contribution in [3.8, 4) is 11.5 Å². The largest absolute Gasteiger partial charge is 0.420 e. The summed E-state index contributed by atoms with van der Waals surface area (Å²) in [6.07, 6.45) is 1.72. The third-order valence-corrected chi connectivity index (χ3v) is 4.59. The van der Waals surface area contributed by atoms with Crippen molar-refractivity contribution in [1.29, 1.82) is 0 Å². The van der Waals surface area contributed by atoms with Crippen LogP contribution >= 0.6 is 0 Å². The number of aromatic nitrogens is 2. The summed E-state index contributed by atoms with van der Waals surface area (Å²) in [6.45, 7) is 1.14. The second-order valence-electron chi connectivity index (χ2n) is 6.41. The SMILES string of the molecule is O=C(c1cccc(F)c1)N1CCCC(c2nnc(-c3ccccc3)o2)C1. The van der Waals surface area contributed by atoms with Crippen LogP contribution in [0.5, 0.6) is 0 Å². The van der Waals surface area contributed by atoms with Crippen LogP contribution in [0.4, 0.5) is 4.39 Å². The van der Waals surface area contributed by atoms with Gasteiger partial charge in [0.2, 0.25) is 11.8 Å². The lowest BCUT2D eigenvalue weighted by molar-refractivity contribution is 0.0698. The summed E-state index contributed by atoms with van der Waals surface area (Å²) in [6, 6.07) is 15.4. The smallest absolute Gasteiger partial charge is 0.253 e. The van der Waals surface area contributed by atoms with E-state index in [0.29, 0.717) is 30.4 Å². The Morgan fingerprint density at radius 3 is 2.77 bits per heavy atom. The number of piperidine rings is 1. The molecule has 1 aromatic heterocycles. The van der Waals surface area contributed by atoms with E-state index in [-0.39, 0.29) is 11.8 Å². The number of halogens is 1. The fraction of sp³-hybridized carbons (Fsp3) is 0.250. The normalized spacial score (nSPS) is 17.3. The van der Waals surface area contributed by atoms with Gasteiger partial charge in [0.25, 0.3) is 5.91 Å². The van der Waals surface area contributed by atoms with Crippen LogP contribution < -0.4 is 0 Å². The molecule has 0 bridgehead atoms. The van der Waals surface area contributed by atoms with Gasteiger partial charge in [-0.3, -0.25) is 4.79 Å². The standard InChI is InChI=1S/C20H18FN3O2/c21-17-10-4-8-15(12-17)20(25)24-11-5-9-16(13-24)19-23-22-18(26-19)14-6-2-1-3-7-14/h1-4,6-8,10,12,16H,5,9,11,13H2. The molecule has 0 saturated carbocycles. The van der Waals surface area contributed by atoms with Gasteiger partial charge >= 0.3 is 0 Å². The Labute approximate surface area is 150 Å². The van der Waals surface area contributed by atoms with Gasteiger partial charge in [-0.25, -0.2) is 4.39 Å². The number of rotatable bonds is 3. The zero-order valence-corrected chi connectivity index (χ0v) is 14.1. The van der Waals surface area contributed by atoms with Gasteiger partial charge in [-0.2, -0.15) is 0 Å². The zero-order chi connectivity index (χ0) is 17.9. The lowest BCUT2D eigenvalue weighted by Crippen LogP contribution is -2.39. The Hall–Kier alpha value is -3.02. The molecule has 3 aromatic rings. The van der Waals surface area contributed by atoms with Crippen LogP contribution in [0.1, 0.15) is 35.0 Å². The molecule has 1 aliphatic rings. The molecular formula is C20H18FN3O2. The Bertz CT molecular complexity index is 910. The van der Waals surface area contributed by atoms with Crippen LogP contribution in [0.2, 0.25) is 0 Å². The van der Waals surface area contributed by atoms with E-state index in [2.05, 4.69) is 10.2 Å². The molecule has 0 radical (unpaired) electrons. The third-order valence-electron chi connectivity index (χ3n) is 4.59. The maximum atomic E-state index is 13.4. The van der Waals surface area contributed by atoms with E-state index in [4.69, 9.17) is 4.42 Å². The van der Waals surface area contributed by atoms with Crippen LogP contribution in [0.15, 0.2) is 59.0 Å². The first-order valence-electron chi connectivity index (χ1n) is 8.64. The molecule has 0 spiro atoms. The van der Waals surface area contributed by atoms with Crippen molar-refractivity contribution in [2.24, 2.45) is 0 Å². The van der Waals surface area contributed by atoms with Crippen molar-refractivity contribution in [2.45, 2.75) is 18.8 Å². The minimum Gasteiger partial charge on any atom is -0.420 e. The molecule has 1 fully saturated rings. The molecule has 26 heavy (non-hydrogen) atoms. The van der Waals surface area contributed by atoms with Crippen LogP contribution in [0.3, 0.4) is 0 Å². The van der Waals surface area contributed by atoms with Crippen LogP contribution in [0, 0.1) is 5.82 Å². The van der Waals surface area contributed by atoms with Gasteiger partial charge in [0.05, 0.1) is 5.92 Å². The van der Waals surface area contributed by atoms with E-state index >= 15 is 0 Å². The molecular weight excluding hydrogens is 333 g/mol. The average molecular weight is 351 g/mol. The van der Waals surface area contributed by atoms with E-state index in [1.165, 1.54) is 12.1 Å². The van der Waals surface area contributed by atoms with E-state index in [1.807, 2.05) is 30.3 Å². The first kappa shape index (κ1) is 16.4. The topological polar surface area (TPSA) is 59.2 Å². The van der Waals surface area contributed by atoms with Gasteiger partial charge in [0.15, 0.2) is 0 Å². The highest BCUT2D eigenvalue weighted by Crippen LogP contribution is 2.29. The Balaban J connectivity index is 1.50. The lowest BCUT2D eigenvalue weighted by atomic mass is 9.97. The minimum absolute atomic E-state index is 0.00813. The number of benzene rings is 2.